The van der Waals surface area contributed by atoms with E-state index in [1.54, 1.807) is 6.92 Å². The van der Waals surface area contributed by atoms with Crippen molar-refractivity contribution in [1.29, 1.82) is 0 Å². The van der Waals surface area contributed by atoms with Crippen LogP contribution in [0.2, 0.25) is 0 Å². The Bertz CT molecular complexity index is 1140. The van der Waals surface area contributed by atoms with E-state index in [1.807, 2.05) is 0 Å². The Balaban J connectivity index is 1.96. The lowest BCUT2D eigenvalue weighted by molar-refractivity contribution is -0.137. The van der Waals surface area contributed by atoms with Crippen molar-refractivity contribution in [2.45, 2.75) is 13.1 Å². The molecule has 2 amide bonds. The van der Waals surface area contributed by atoms with Crippen LogP contribution in [0.4, 0.5) is 23.2 Å². The first-order valence-electron chi connectivity index (χ1n) is 8.91. The van der Waals surface area contributed by atoms with Gasteiger partial charge < -0.3 is 15.8 Å². The van der Waals surface area contributed by atoms with Gasteiger partial charge in [-0.3, -0.25) is 9.59 Å². The Kier molecular flexibility index (Phi) is 5.96. The Labute approximate surface area is 174 Å². The van der Waals surface area contributed by atoms with E-state index in [-0.39, 0.29) is 28.3 Å². The molecule has 3 aromatic rings. The van der Waals surface area contributed by atoms with E-state index in [0.29, 0.717) is 11.6 Å². The number of nitrogens with two attached hydrogens (primary N) is 1. The second-order valence-electron chi connectivity index (χ2n) is 6.62. The molecule has 0 aromatic heterocycles. The number of primary amides is 1. The molecule has 3 N–H and O–H groups in total. The lowest BCUT2D eigenvalue weighted by Crippen LogP contribution is -2.16. The van der Waals surface area contributed by atoms with Gasteiger partial charge >= 0.3 is 6.18 Å². The third-order valence-corrected chi connectivity index (χ3v) is 4.34. The number of alkyl halides is 3. The number of carbonyl (C=O) groups excluding carboxylic acids is 2. The molecule has 0 unspecified atom stereocenters. The standard InChI is InChI=1S/C22H16F4N2O3/c1-12-10-15(23)5-9-18(12)31-19-8-4-14(22(24,25)26)11-17(19)21(30)28-16-6-2-13(3-7-16)20(27)29/h2-11H,1H3,(H2,27,29)(H,28,30). The van der Waals surface area contributed by atoms with Crippen LogP contribution in [-0.4, -0.2) is 11.8 Å². The summed E-state index contributed by atoms with van der Waals surface area (Å²) >= 11 is 0. The third-order valence-electron chi connectivity index (χ3n) is 4.34. The number of benzene rings is 3. The highest BCUT2D eigenvalue weighted by molar-refractivity contribution is 6.06. The van der Waals surface area contributed by atoms with Gasteiger partial charge in [0.1, 0.15) is 17.3 Å². The minimum Gasteiger partial charge on any atom is -0.456 e. The van der Waals surface area contributed by atoms with Crippen LogP contribution in [0.25, 0.3) is 0 Å². The number of amides is 2. The van der Waals surface area contributed by atoms with Crippen LogP contribution in [0.3, 0.4) is 0 Å². The highest BCUT2D eigenvalue weighted by atomic mass is 19.4. The Morgan fingerprint density at radius 2 is 1.58 bits per heavy atom. The van der Waals surface area contributed by atoms with Gasteiger partial charge in [0.15, 0.2) is 0 Å². The average Bonchev–Trinajstić information content (AvgIpc) is 2.70. The molecule has 3 aromatic carbocycles. The summed E-state index contributed by atoms with van der Waals surface area (Å²) in [5, 5.41) is 2.45. The zero-order valence-electron chi connectivity index (χ0n) is 16.1. The first-order valence-corrected chi connectivity index (χ1v) is 8.91. The fourth-order valence-corrected chi connectivity index (χ4v) is 2.73. The van der Waals surface area contributed by atoms with Crippen molar-refractivity contribution < 1.29 is 31.9 Å². The number of hydrogen-bond acceptors (Lipinski definition) is 3. The topological polar surface area (TPSA) is 81.4 Å². The molecule has 0 fully saturated rings. The number of rotatable bonds is 5. The van der Waals surface area contributed by atoms with E-state index < -0.39 is 29.4 Å². The van der Waals surface area contributed by atoms with Crippen LogP contribution in [0.1, 0.15) is 31.8 Å². The van der Waals surface area contributed by atoms with Gasteiger partial charge in [-0.1, -0.05) is 0 Å². The highest BCUT2D eigenvalue weighted by Gasteiger charge is 2.32. The summed E-state index contributed by atoms with van der Waals surface area (Å²) in [5.74, 6) is -2.00. The minimum absolute atomic E-state index is 0.144. The van der Waals surface area contributed by atoms with E-state index in [0.717, 1.165) is 18.2 Å². The van der Waals surface area contributed by atoms with Crippen molar-refractivity contribution in [2.24, 2.45) is 5.73 Å². The van der Waals surface area contributed by atoms with Gasteiger partial charge in [0.05, 0.1) is 11.1 Å². The van der Waals surface area contributed by atoms with Crippen LogP contribution in [0.15, 0.2) is 60.7 Å². The first-order chi connectivity index (χ1) is 14.5. The molecule has 0 radical (unpaired) electrons. The van der Waals surface area contributed by atoms with Crippen LogP contribution < -0.4 is 15.8 Å². The molecule has 3 rings (SSSR count). The second-order valence-corrected chi connectivity index (χ2v) is 6.62. The molecule has 160 valence electrons. The molecule has 0 aliphatic heterocycles. The summed E-state index contributed by atoms with van der Waals surface area (Å²) in [5.41, 5.74) is 4.57. The maximum Gasteiger partial charge on any atom is 0.416 e. The fourth-order valence-electron chi connectivity index (χ4n) is 2.73. The molecule has 31 heavy (non-hydrogen) atoms. The predicted molar refractivity (Wildman–Crippen MR) is 106 cm³/mol. The maximum atomic E-state index is 13.3. The van der Waals surface area contributed by atoms with Crippen LogP contribution in [0, 0.1) is 12.7 Å². The Hall–Kier alpha value is -3.88. The van der Waals surface area contributed by atoms with E-state index in [1.165, 1.54) is 36.4 Å². The molecule has 0 aliphatic carbocycles. The van der Waals surface area contributed by atoms with Gasteiger partial charge in [-0.05, 0) is 73.2 Å². The number of nitrogens with one attached hydrogen (secondary N) is 1. The number of halogens is 4. The van der Waals surface area contributed by atoms with Gasteiger partial charge in [0, 0.05) is 11.3 Å². The molecule has 0 atom stereocenters. The van der Waals surface area contributed by atoms with Crippen molar-refractivity contribution in [3.05, 3.63) is 88.7 Å². The minimum atomic E-state index is -4.68. The van der Waals surface area contributed by atoms with E-state index in [9.17, 15) is 27.2 Å². The monoisotopic (exact) mass is 432 g/mol. The first kappa shape index (κ1) is 21.8. The molecular weight excluding hydrogens is 416 g/mol. The number of anilines is 1. The van der Waals surface area contributed by atoms with Crippen LogP contribution >= 0.6 is 0 Å². The quantitative estimate of drug-likeness (QED) is 0.537. The molecule has 0 aliphatic rings. The van der Waals surface area contributed by atoms with Crippen LogP contribution in [-0.2, 0) is 6.18 Å². The smallest absolute Gasteiger partial charge is 0.416 e. The molecule has 5 nitrogen and oxygen atoms in total. The SMILES string of the molecule is Cc1cc(F)ccc1Oc1ccc(C(F)(F)F)cc1C(=O)Nc1ccc(C(N)=O)cc1. The second kappa shape index (κ2) is 8.47. The number of aryl methyl sites for hydroxylation is 1. The third kappa shape index (κ3) is 5.19. The summed E-state index contributed by atoms with van der Waals surface area (Å²) in [7, 11) is 0. The lowest BCUT2D eigenvalue weighted by atomic mass is 10.1. The molecule has 0 saturated heterocycles. The van der Waals surface area contributed by atoms with E-state index in [2.05, 4.69) is 5.32 Å². The van der Waals surface area contributed by atoms with Gasteiger partial charge in [-0.15, -0.1) is 0 Å². The summed E-state index contributed by atoms with van der Waals surface area (Å²) in [6.07, 6.45) is -4.68. The molecule has 0 heterocycles. The molecule has 9 heteroatoms. The van der Waals surface area contributed by atoms with Crippen LogP contribution in [0.5, 0.6) is 11.5 Å². The molecule has 0 spiro atoms. The normalized spacial score (nSPS) is 11.1. The van der Waals surface area contributed by atoms with Gasteiger partial charge in [0.25, 0.3) is 5.91 Å². The summed E-state index contributed by atoms with van der Waals surface area (Å²) in [4.78, 5) is 23.9. The zero-order valence-corrected chi connectivity index (χ0v) is 16.1. The molecular formula is C22H16F4N2O3. The number of ether oxygens (including phenoxy) is 1. The maximum absolute atomic E-state index is 13.3. The number of carbonyl (C=O) groups is 2. The van der Waals surface area contributed by atoms with Gasteiger partial charge in [-0.2, -0.15) is 13.2 Å². The summed E-state index contributed by atoms with van der Waals surface area (Å²) in [6, 6.07) is 11.6. The highest BCUT2D eigenvalue weighted by Crippen LogP contribution is 2.35. The van der Waals surface area contributed by atoms with Crippen molar-refractivity contribution >= 4 is 17.5 Å². The van der Waals surface area contributed by atoms with Crippen molar-refractivity contribution in [1.82, 2.24) is 0 Å². The van der Waals surface area contributed by atoms with Crippen molar-refractivity contribution in [3.63, 3.8) is 0 Å². The summed E-state index contributed by atoms with van der Waals surface area (Å²) in [6.45, 7) is 1.56. The van der Waals surface area contributed by atoms with Gasteiger partial charge in [-0.25, -0.2) is 4.39 Å². The van der Waals surface area contributed by atoms with Crippen molar-refractivity contribution in [3.8, 4) is 11.5 Å². The Morgan fingerprint density at radius 3 is 2.16 bits per heavy atom. The van der Waals surface area contributed by atoms with E-state index in [4.69, 9.17) is 10.5 Å². The van der Waals surface area contributed by atoms with Gasteiger partial charge in [0.2, 0.25) is 5.91 Å². The number of hydrogen-bond donors (Lipinski definition) is 2. The molecule has 0 bridgehead atoms. The largest absolute Gasteiger partial charge is 0.456 e. The zero-order chi connectivity index (χ0) is 22.8. The average molecular weight is 432 g/mol. The predicted octanol–water partition coefficient (Wildman–Crippen LogP) is 5.30. The fraction of sp³-hybridized carbons (Fsp3) is 0.0909. The van der Waals surface area contributed by atoms with E-state index >= 15 is 0 Å². The molecule has 0 saturated carbocycles. The van der Waals surface area contributed by atoms with Crippen molar-refractivity contribution in [2.75, 3.05) is 5.32 Å². The Morgan fingerprint density at radius 1 is 0.935 bits per heavy atom. The lowest BCUT2D eigenvalue weighted by Gasteiger charge is -2.15. The summed E-state index contributed by atoms with van der Waals surface area (Å²) < 4.78 is 58.5.